The van der Waals surface area contributed by atoms with E-state index >= 15 is 0 Å². The number of hydrogen-bond acceptors (Lipinski definition) is 2. The summed E-state index contributed by atoms with van der Waals surface area (Å²) in [5.41, 5.74) is 5.19. The summed E-state index contributed by atoms with van der Waals surface area (Å²) >= 11 is 0. The van der Waals surface area contributed by atoms with Gasteiger partial charge >= 0.3 is 0 Å². The molecule has 0 bridgehead atoms. The average molecular weight is 225 g/mol. The second kappa shape index (κ2) is 4.42. The van der Waals surface area contributed by atoms with Gasteiger partial charge in [0.05, 0.1) is 12.2 Å². The van der Waals surface area contributed by atoms with Crippen molar-refractivity contribution >= 4 is 0 Å². The lowest BCUT2D eigenvalue weighted by Gasteiger charge is -2.07. The smallest absolute Gasteiger partial charge is 0.139 e. The van der Waals surface area contributed by atoms with Gasteiger partial charge in [-0.25, -0.2) is 0 Å². The number of rotatable bonds is 2. The topological polar surface area (TPSA) is 41.6 Å². The van der Waals surface area contributed by atoms with E-state index in [1.165, 1.54) is 16.7 Å². The van der Waals surface area contributed by atoms with Gasteiger partial charge in [0.15, 0.2) is 0 Å². The fourth-order valence-electron chi connectivity index (χ4n) is 1.94. The van der Waals surface area contributed by atoms with Gasteiger partial charge in [-0.2, -0.15) is 10.4 Å². The third kappa shape index (κ3) is 2.36. The zero-order valence-corrected chi connectivity index (χ0v) is 10.4. The van der Waals surface area contributed by atoms with Crippen LogP contribution >= 0.6 is 0 Å². The van der Waals surface area contributed by atoms with Gasteiger partial charge in [0.25, 0.3) is 0 Å². The quantitative estimate of drug-likeness (QED) is 0.788. The lowest BCUT2D eigenvalue weighted by molar-refractivity contribution is 0.668. The largest absolute Gasteiger partial charge is 0.250 e. The zero-order valence-electron chi connectivity index (χ0n) is 10.4. The van der Waals surface area contributed by atoms with Crippen molar-refractivity contribution in [1.29, 1.82) is 5.26 Å². The van der Waals surface area contributed by atoms with E-state index in [1.54, 1.807) is 4.68 Å². The van der Waals surface area contributed by atoms with Crippen LogP contribution < -0.4 is 0 Å². The molecule has 2 rings (SSSR count). The Balaban J connectivity index is 2.35. The fraction of sp³-hybridized carbons (Fsp3) is 0.286. The molecule has 0 saturated carbocycles. The van der Waals surface area contributed by atoms with Crippen LogP contribution in [-0.2, 0) is 6.54 Å². The van der Waals surface area contributed by atoms with Gasteiger partial charge in [0.2, 0.25) is 0 Å². The van der Waals surface area contributed by atoms with Crippen molar-refractivity contribution in [2.75, 3.05) is 0 Å². The maximum atomic E-state index is 9.01. The highest BCUT2D eigenvalue weighted by Crippen LogP contribution is 2.13. The minimum Gasteiger partial charge on any atom is -0.250 e. The van der Waals surface area contributed by atoms with Crippen LogP contribution in [0.3, 0.4) is 0 Å². The van der Waals surface area contributed by atoms with Crippen LogP contribution in [0.15, 0.2) is 24.3 Å². The highest BCUT2D eigenvalue weighted by molar-refractivity contribution is 5.32. The van der Waals surface area contributed by atoms with Crippen LogP contribution in [0.1, 0.15) is 28.1 Å². The van der Waals surface area contributed by atoms with Crippen molar-refractivity contribution in [3.05, 3.63) is 52.3 Å². The number of benzene rings is 1. The van der Waals surface area contributed by atoms with Gasteiger partial charge in [-0.3, -0.25) is 4.68 Å². The van der Waals surface area contributed by atoms with Crippen LogP contribution in [-0.4, -0.2) is 9.78 Å². The van der Waals surface area contributed by atoms with E-state index in [1.807, 2.05) is 13.0 Å². The molecule has 0 unspecified atom stereocenters. The van der Waals surface area contributed by atoms with Crippen molar-refractivity contribution in [3.63, 3.8) is 0 Å². The monoisotopic (exact) mass is 225 g/mol. The molecule has 0 radical (unpaired) electrons. The Morgan fingerprint density at radius 1 is 1.24 bits per heavy atom. The van der Waals surface area contributed by atoms with Gasteiger partial charge in [0.1, 0.15) is 11.8 Å². The summed E-state index contributed by atoms with van der Waals surface area (Å²) in [5.74, 6) is 0. The molecule has 0 atom stereocenters. The molecule has 1 heterocycles. The third-order valence-electron chi connectivity index (χ3n) is 2.83. The van der Waals surface area contributed by atoms with Crippen LogP contribution in [0.25, 0.3) is 0 Å². The second-order valence-corrected chi connectivity index (χ2v) is 4.37. The standard InChI is InChI=1S/C14H15N3/c1-10-4-5-13(11(2)6-10)9-17-14(8-15)7-12(3)16-17/h4-7H,9H2,1-3H3. The highest BCUT2D eigenvalue weighted by Gasteiger charge is 2.06. The highest BCUT2D eigenvalue weighted by atomic mass is 15.3. The Hall–Kier alpha value is -2.08. The van der Waals surface area contributed by atoms with Crippen molar-refractivity contribution in [3.8, 4) is 6.07 Å². The van der Waals surface area contributed by atoms with Gasteiger partial charge in [-0.1, -0.05) is 23.8 Å². The fourth-order valence-corrected chi connectivity index (χ4v) is 1.94. The molecule has 0 aliphatic carbocycles. The number of aromatic nitrogens is 2. The number of nitrogens with zero attached hydrogens (tertiary/aromatic N) is 3. The first kappa shape index (κ1) is 11.4. The van der Waals surface area contributed by atoms with Crippen LogP contribution in [0.5, 0.6) is 0 Å². The second-order valence-electron chi connectivity index (χ2n) is 4.37. The summed E-state index contributed by atoms with van der Waals surface area (Å²) in [6, 6.07) is 10.3. The molecule has 3 heteroatoms. The molecule has 86 valence electrons. The van der Waals surface area contributed by atoms with E-state index in [0.29, 0.717) is 12.2 Å². The Kier molecular flexibility index (Phi) is 2.97. The van der Waals surface area contributed by atoms with E-state index in [-0.39, 0.29) is 0 Å². The Morgan fingerprint density at radius 2 is 2.00 bits per heavy atom. The van der Waals surface area contributed by atoms with Crippen molar-refractivity contribution in [2.45, 2.75) is 27.3 Å². The predicted molar refractivity (Wildman–Crippen MR) is 66.7 cm³/mol. The molecule has 1 aromatic carbocycles. The van der Waals surface area contributed by atoms with Gasteiger partial charge in [-0.15, -0.1) is 0 Å². The summed E-state index contributed by atoms with van der Waals surface area (Å²) in [5, 5.41) is 13.3. The first-order valence-corrected chi connectivity index (χ1v) is 5.61. The lowest BCUT2D eigenvalue weighted by Crippen LogP contribution is -2.05. The van der Waals surface area contributed by atoms with Gasteiger partial charge < -0.3 is 0 Å². The maximum absolute atomic E-state index is 9.01. The van der Waals surface area contributed by atoms with E-state index in [2.05, 4.69) is 43.2 Å². The summed E-state index contributed by atoms with van der Waals surface area (Å²) in [7, 11) is 0. The molecule has 3 nitrogen and oxygen atoms in total. The van der Waals surface area contributed by atoms with E-state index in [0.717, 1.165) is 5.69 Å². The Labute approximate surface area is 101 Å². The molecule has 1 aromatic heterocycles. The minimum atomic E-state index is 0.613. The van der Waals surface area contributed by atoms with E-state index < -0.39 is 0 Å². The first-order chi connectivity index (χ1) is 8.10. The maximum Gasteiger partial charge on any atom is 0.139 e. The molecular formula is C14H15N3. The Bertz CT molecular complexity index is 588. The molecule has 0 spiro atoms. The van der Waals surface area contributed by atoms with Gasteiger partial charge in [0, 0.05) is 0 Å². The summed E-state index contributed by atoms with van der Waals surface area (Å²) in [4.78, 5) is 0. The Morgan fingerprint density at radius 3 is 2.65 bits per heavy atom. The molecule has 0 amide bonds. The molecular weight excluding hydrogens is 210 g/mol. The summed E-state index contributed by atoms with van der Waals surface area (Å²) in [6.45, 7) is 6.72. The third-order valence-corrected chi connectivity index (χ3v) is 2.83. The molecule has 0 aliphatic rings. The summed E-state index contributed by atoms with van der Waals surface area (Å²) < 4.78 is 1.76. The first-order valence-electron chi connectivity index (χ1n) is 5.61. The summed E-state index contributed by atoms with van der Waals surface area (Å²) in [6.07, 6.45) is 0. The van der Waals surface area contributed by atoms with Crippen molar-refractivity contribution in [2.24, 2.45) is 0 Å². The van der Waals surface area contributed by atoms with Crippen molar-refractivity contribution < 1.29 is 0 Å². The minimum absolute atomic E-state index is 0.613. The lowest BCUT2D eigenvalue weighted by atomic mass is 10.1. The molecule has 0 aliphatic heterocycles. The van der Waals surface area contributed by atoms with Gasteiger partial charge in [-0.05, 0) is 38.0 Å². The molecule has 0 fully saturated rings. The average Bonchev–Trinajstić information content (AvgIpc) is 2.63. The number of nitriles is 1. The zero-order chi connectivity index (χ0) is 12.4. The van der Waals surface area contributed by atoms with Crippen LogP contribution in [0.2, 0.25) is 0 Å². The molecule has 2 aromatic rings. The van der Waals surface area contributed by atoms with E-state index in [9.17, 15) is 0 Å². The van der Waals surface area contributed by atoms with E-state index in [4.69, 9.17) is 5.26 Å². The molecule has 17 heavy (non-hydrogen) atoms. The predicted octanol–water partition coefficient (Wildman–Crippen LogP) is 2.73. The molecule has 0 saturated heterocycles. The normalized spacial score (nSPS) is 10.2. The SMILES string of the molecule is Cc1ccc(Cn2nc(C)cc2C#N)c(C)c1. The number of hydrogen-bond donors (Lipinski definition) is 0. The van der Waals surface area contributed by atoms with Crippen molar-refractivity contribution in [1.82, 2.24) is 9.78 Å². The molecule has 0 N–H and O–H groups in total. The number of aryl methyl sites for hydroxylation is 3. The van der Waals surface area contributed by atoms with Crippen LogP contribution in [0, 0.1) is 32.1 Å². The van der Waals surface area contributed by atoms with Crippen LogP contribution in [0.4, 0.5) is 0 Å².